The van der Waals surface area contributed by atoms with Gasteiger partial charge in [0.2, 0.25) is 5.91 Å². The van der Waals surface area contributed by atoms with Crippen LogP contribution in [0.3, 0.4) is 0 Å². The highest BCUT2D eigenvalue weighted by atomic mass is 35.5. The number of pyridine rings is 1. The number of imidazole rings is 1. The second kappa shape index (κ2) is 8.08. The number of aromatic amines is 1. The highest BCUT2D eigenvalue weighted by molar-refractivity contribution is 6.33. The van der Waals surface area contributed by atoms with E-state index in [1.807, 2.05) is 13.0 Å². The van der Waals surface area contributed by atoms with Crippen molar-refractivity contribution in [3.05, 3.63) is 41.0 Å². The van der Waals surface area contributed by atoms with Crippen LogP contribution in [0.4, 0.5) is 10.5 Å². The smallest absolute Gasteiger partial charge is 0.408 e. The number of rotatable bonds is 4. The number of amides is 2. The number of anilines is 1. The first-order valence-corrected chi connectivity index (χ1v) is 9.37. The van der Waals surface area contributed by atoms with E-state index in [-0.39, 0.29) is 6.54 Å². The van der Waals surface area contributed by atoms with Crippen molar-refractivity contribution in [1.29, 1.82) is 0 Å². The number of aromatic nitrogens is 3. The molecular weight excluding hydrogens is 394 g/mol. The van der Waals surface area contributed by atoms with Crippen molar-refractivity contribution in [2.75, 3.05) is 11.9 Å². The molecule has 0 bridgehead atoms. The molecule has 3 aromatic rings. The van der Waals surface area contributed by atoms with Gasteiger partial charge in [-0.1, -0.05) is 11.6 Å². The molecule has 2 aromatic heterocycles. The van der Waals surface area contributed by atoms with Gasteiger partial charge in [-0.2, -0.15) is 0 Å². The molecule has 0 fully saturated rings. The summed E-state index contributed by atoms with van der Waals surface area (Å²) in [5, 5.41) is 5.61. The highest BCUT2D eigenvalue weighted by Crippen LogP contribution is 2.30. The molecule has 0 aliphatic rings. The van der Waals surface area contributed by atoms with Gasteiger partial charge in [0.25, 0.3) is 0 Å². The van der Waals surface area contributed by atoms with Crippen LogP contribution >= 0.6 is 11.6 Å². The Balaban J connectivity index is 1.71. The van der Waals surface area contributed by atoms with Gasteiger partial charge in [0.1, 0.15) is 18.0 Å². The van der Waals surface area contributed by atoms with Crippen molar-refractivity contribution < 1.29 is 14.3 Å². The van der Waals surface area contributed by atoms with Crippen molar-refractivity contribution >= 4 is 40.5 Å². The number of carbonyl (C=O) groups is 2. The first-order valence-electron chi connectivity index (χ1n) is 9.00. The molecule has 0 aliphatic heterocycles. The number of carbonyl (C=O) groups excluding carboxylic acids is 2. The average molecular weight is 416 g/mol. The van der Waals surface area contributed by atoms with Crippen molar-refractivity contribution in [1.82, 2.24) is 20.3 Å². The number of aryl methyl sites for hydroxylation is 1. The summed E-state index contributed by atoms with van der Waals surface area (Å²) < 4.78 is 5.10. The van der Waals surface area contributed by atoms with Gasteiger partial charge in [-0.3, -0.25) is 4.79 Å². The minimum atomic E-state index is -0.658. The zero-order chi connectivity index (χ0) is 21.2. The third-order valence-electron chi connectivity index (χ3n) is 3.77. The molecule has 9 heteroatoms. The van der Waals surface area contributed by atoms with E-state index in [4.69, 9.17) is 16.3 Å². The predicted molar refractivity (Wildman–Crippen MR) is 112 cm³/mol. The number of halogens is 1. The summed E-state index contributed by atoms with van der Waals surface area (Å²) in [6, 6.07) is 6.99. The topological polar surface area (TPSA) is 109 Å². The monoisotopic (exact) mass is 415 g/mol. The Morgan fingerprint density at radius 2 is 2.00 bits per heavy atom. The minimum absolute atomic E-state index is 0.222. The van der Waals surface area contributed by atoms with Crippen molar-refractivity contribution in [3.8, 4) is 11.4 Å². The maximum atomic E-state index is 12.1. The molecule has 1 aromatic carbocycles. The van der Waals surface area contributed by atoms with E-state index in [1.54, 1.807) is 45.2 Å². The van der Waals surface area contributed by atoms with Gasteiger partial charge in [-0.25, -0.2) is 14.8 Å². The summed E-state index contributed by atoms with van der Waals surface area (Å²) in [6.45, 7) is 6.96. The van der Waals surface area contributed by atoms with Crippen LogP contribution < -0.4 is 10.6 Å². The molecule has 152 valence electrons. The van der Waals surface area contributed by atoms with Gasteiger partial charge in [-0.15, -0.1) is 0 Å². The molecule has 0 saturated carbocycles. The summed E-state index contributed by atoms with van der Waals surface area (Å²) in [4.78, 5) is 35.7. The van der Waals surface area contributed by atoms with Crippen LogP contribution in [0.15, 0.2) is 30.5 Å². The van der Waals surface area contributed by atoms with Gasteiger partial charge in [0, 0.05) is 17.4 Å². The van der Waals surface area contributed by atoms with Crippen LogP contribution in [0.5, 0.6) is 0 Å². The SMILES string of the molecule is Cc1cnc2nc(-c3cc(NC(=O)CNC(=O)OC(C)(C)C)ccc3Cl)[nH]c2c1. The van der Waals surface area contributed by atoms with Crippen LogP contribution in [0.2, 0.25) is 5.02 Å². The van der Waals surface area contributed by atoms with Gasteiger partial charge >= 0.3 is 6.09 Å². The molecule has 29 heavy (non-hydrogen) atoms. The van der Waals surface area contributed by atoms with Gasteiger partial charge in [-0.05, 0) is 57.5 Å². The molecule has 2 heterocycles. The molecule has 3 rings (SSSR count). The normalized spacial score (nSPS) is 11.3. The van der Waals surface area contributed by atoms with Crippen molar-refractivity contribution in [2.24, 2.45) is 0 Å². The fourth-order valence-corrected chi connectivity index (χ4v) is 2.80. The highest BCUT2D eigenvalue weighted by Gasteiger charge is 2.17. The van der Waals surface area contributed by atoms with Crippen molar-refractivity contribution in [3.63, 3.8) is 0 Å². The average Bonchev–Trinajstić information content (AvgIpc) is 3.03. The van der Waals surface area contributed by atoms with E-state index >= 15 is 0 Å². The van der Waals surface area contributed by atoms with E-state index in [0.717, 1.165) is 11.1 Å². The zero-order valence-corrected chi connectivity index (χ0v) is 17.3. The maximum absolute atomic E-state index is 12.1. The summed E-state index contributed by atoms with van der Waals surface area (Å²) in [5.74, 6) is 0.150. The molecule has 2 amide bonds. The van der Waals surface area contributed by atoms with E-state index in [2.05, 4.69) is 25.6 Å². The Morgan fingerprint density at radius 1 is 1.24 bits per heavy atom. The summed E-state index contributed by atoms with van der Waals surface area (Å²) in [5.41, 5.74) is 2.90. The quantitative estimate of drug-likeness (QED) is 0.595. The van der Waals surface area contributed by atoms with Crippen LogP contribution in [0.1, 0.15) is 26.3 Å². The second-order valence-electron chi connectivity index (χ2n) is 7.57. The molecule has 0 radical (unpaired) electrons. The van der Waals surface area contributed by atoms with E-state index in [1.165, 1.54) is 0 Å². The Bertz CT molecular complexity index is 1070. The fraction of sp³-hybridized carbons (Fsp3) is 0.300. The molecular formula is C20H22ClN5O3. The standard InChI is InChI=1S/C20H22ClN5O3/c1-11-7-15-18(22-9-11)26-17(25-15)13-8-12(5-6-14(13)21)24-16(27)10-23-19(28)29-20(2,3)4/h5-9H,10H2,1-4H3,(H,23,28)(H,24,27)(H,22,25,26). The minimum Gasteiger partial charge on any atom is -0.444 e. The van der Waals surface area contributed by atoms with E-state index in [0.29, 0.717) is 27.7 Å². The van der Waals surface area contributed by atoms with Crippen molar-refractivity contribution in [2.45, 2.75) is 33.3 Å². The van der Waals surface area contributed by atoms with Crippen LogP contribution in [-0.2, 0) is 9.53 Å². The van der Waals surface area contributed by atoms with Gasteiger partial charge in [0.15, 0.2) is 5.65 Å². The summed E-state index contributed by atoms with van der Waals surface area (Å²) >= 11 is 6.32. The van der Waals surface area contributed by atoms with Crippen LogP contribution in [-0.4, -0.2) is 39.1 Å². The Labute approximate surface area is 173 Å². The van der Waals surface area contributed by atoms with E-state index in [9.17, 15) is 9.59 Å². The number of fused-ring (bicyclic) bond motifs is 1. The number of ether oxygens (including phenoxy) is 1. The van der Waals surface area contributed by atoms with Crippen LogP contribution in [0, 0.1) is 6.92 Å². The second-order valence-corrected chi connectivity index (χ2v) is 7.97. The number of alkyl carbamates (subject to hydrolysis) is 1. The molecule has 0 spiro atoms. The molecule has 8 nitrogen and oxygen atoms in total. The van der Waals surface area contributed by atoms with Gasteiger partial charge < -0.3 is 20.4 Å². The Hall–Kier alpha value is -3.13. The summed E-state index contributed by atoms with van der Waals surface area (Å²) in [6.07, 6.45) is 1.08. The molecule has 0 unspecified atom stereocenters. The number of nitrogens with one attached hydrogen (secondary N) is 3. The Morgan fingerprint density at radius 3 is 2.72 bits per heavy atom. The number of nitrogens with zero attached hydrogens (tertiary/aromatic N) is 2. The maximum Gasteiger partial charge on any atom is 0.408 e. The largest absolute Gasteiger partial charge is 0.444 e. The molecule has 3 N–H and O–H groups in total. The first kappa shape index (κ1) is 20.6. The lowest BCUT2D eigenvalue weighted by molar-refractivity contribution is -0.115. The number of hydrogen-bond acceptors (Lipinski definition) is 5. The lowest BCUT2D eigenvalue weighted by Gasteiger charge is -2.19. The molecule has 0 atom stereocenters. The molecule has 0 saturated heterocycles. The number of benzene rings is 1. The number of hydrogen-bond donors (Lipinski definition) is 3. The van der Waals surface area contributed by atoms with Gasteiger partial charge in [0.05, 0.1) is 10.5 Å². The third-order valence-corrected chi connectivity index (χ3v) is 4.10. The van der Waals surface area contributed by atoms with Crippen LogP contribution in [0.25, 0.3) is 22.6 Å². The third kappa shape index (κ3) is 5.45. The molecule has 0 aliphatic carbocycles. The van der Waals surface area contributed by atoms with E-state index < -0.39 is 17.6 Å². The lowest BCUT2D eigenvalue weighted by Crippen LogP contribution is -2.37. The number of H-pyrrole nitrogens is 1. The fourth-order valence-electron chi connectivity index (χ4n) is 2.59. The predicted octanol–water partition coefficient (Wildman–Crippen LogP) is 4.05. The summed E-state index contributed by atoms with van der Waals surface area (Å²) in [7, 11) is 0. The zero-order valence-electron chi connectivity index (χ0n) is 16.6. The lowest BCUT2D eigenvalue weighted by atomic mass is 10.2. The first-order chi connectivity index (χ1) is 13.6. The Kier molecular flexibility index (Phi) is 5.74.